The van der Waals surface area contributed by atoms with Crippen LogP contribution in [0.3, 0.4) is 0 Å². The lowest BCUT2D eigenvalue weighted by Crippen LogP contribution is -2.21. The smallest absolute Gasteiger partial charge is 0.349 e. The second-order valence-electron chi connectivity index (χ2n) is 8.30. The van der Waals surface area contributed by atoms with E-state index >= 15 is 0 Å². The van der Waals surface area contributed by atoms with Gasteiger partial charge in [-0.15, -0.1) is 11.3 Å². The van der Waals surface area contributed by atoms with Gasteiger partial charge in [0, 0.05) is 22.8 Å². The number of nitrogens with zero attached hydrogens (tertiary/aromatic N) is 3. The molecule has 1 aliphatic rings. The Morgan fingerprint density at radius 1 is 1.31 bits per heavy atom. The third kappa shape index (κ3) is 4.92. The zero-order valence-electron chi connectivity index (χ0n) is 18.7. The molecule has 3 rings (SSSR count). The molecule has 2 heterocycles. The van der Waals surface area contributed by atoms with E-state index in [0.717, 1.165) is 53.2 Å². The van der Waals surface area contributed by atoms with Crippen molar-refractivity contribution >= 4 is 34.3 Å². The fourth-order valence-electron chi connectivity index (χ4n) is 3.89. The summed E-state index contributed by atoms with van der Waals surface area (Å²) in [5.41, 5.74) is 4.11. The number of aromatic nitrogens is 1. The first kappa shape index (κ1) is 23.3. The molecule has 1 N–H and O–H groups in total. The van der Waals surface area contributed by atoms with Crippen molar-refractivity contribution in [3.05, 3.63) is 44.6 Å². The summed E-state index contributed by atoms with van der Waals surface area (Å²) in [6, 6.07) is 5.95. The Labute approximate surface area is 191 Å². The Balaban J connectivity index is 1.66. The van der Waals surface area contributed by atoms with E-state index in [1.54, 1.807) is 0 Å². The molecule has 0 spiro atoms. The van der Waals surface area contributed by atoms with E-state index < -0.39 is 18.5 Å². The third-order valence-electron chi connectivity index (χ3n) is 5.42. The molecule has 0 fully saturated rings. The predicted molar refractivity (Wildman–Crippen MR) is 123 cm³/mol. The minimum absolute atomic E-state index is 0.171. The molecule has 1 aliphatic carbocycles. The molecule has 0 unspecified atom stereocenters. The lowest BCUT2D eigenvalue weighted by atomic mass is 10.1. The summed E-state index contributed by atoms with van der Waals surface area (Å²) in [5.74, 6) is -0.936. The van der Waals surface area contributed by atoms with Gasteiger partial charge in [0.05, 0.1) is 5.56 Å². The Kier molecular flexibility index (Phi) is 7.17. The van der Waals surface area contributed by atoms with Crippen LogP contribution in [-0.4, -0.2) is 23.1 Å². The average molecular weight is 451 g/mol. The van der Waals surface area contributed by atoms with E-state index in [4.69, 9.17) is 4.74 Å². The summed E-state index contributed by atoms with van der Waals surface area (Å²) in [5, 5.41) is 22.0. The molecule has 0 bridgehead atoms. The maximum atomic E-state index is 12.4. The summed E-state index contributed by atoms with van der Waals surface area (Å²) >= 11 is 1.40. The van der Waals surface area contributed by atoms with Gasteiger partial charge in [-0.1, -0.05) is 13.8 Å². The molecule has 2 aromatic rings. The molecule has 0 atom stereocenters. The standard InChI is InChI=1S/C24H26N4O3S/c1-14(2)12-28-15(3)8-17(16(28)4)9-18(10-25)24(30)31-13-22(29)27-23-20(11-26)19-6-5-7-21(19)32-23/h8-9,14H,5-7,12-13H2,1-4H3,(H,27,29)/b18-9+. The van der Waals surface area contributed by atoms with Crippen molar-refractivity contribution in [2.24, 2.45) is 5.92 Å². The number of amides is 1. The van der Waals surface area contributed by atoms with Gasteiger partial charge in [0.25, 0.3) is 5.91 Å². The largest absolute Gasteiger partial charge is 0.451 e. The van der Waals surface area contributed by atoms with Crippen LogP contribution in [-0.2, 0) is 33.7 Å². The second-order valence-corrected chi connectivity index (χ2v) is 9.40. The fourth-order valence-corrected chi connectivity index (χ4v) is 5.15. The molecule has 0 radical (unpaired) electrons. The van der Waals surface area contributed by atoms with Crippen LogP contribution >= 0.6 is 11.3 Å². The number of aryl methyl sites for hydroxylation is 2. The van der Waals surface area contributed by atoms with Gasteiger partial charge in [0.1, 0.15) is 22.7 Å². The number of hydrogen-bond donors (Lipinski definition) is 1. The van der Waals surface area contributed by atoms with Gasteiger partial charge in [-0.3, -0.25) is 4.79 Å². The first-order chi connectivity index (χ1) is 15.2. The molecular weight excluding hydrogens is 424 g/mol. The van der Waals surface area contributed by atoms with Gasteiger partial charge in [-0.25, -0.2) is 4.79 Å². The number of nitriles is 2. The lowest BCUT2D eigenvalue weighted by molar-refractivity contribution is -0.142. The molecule has 0 aliphatic heterocycles. The zero-order valence-corrected chi connectivity index (χ0v) is 19.6. The number of nitrogens with one attached hydrogen (secondary N) is 1. The number of fused-ring (bicyclic) bond motifs is 1. The number of carbonyl (C=O) groups excluding carboxylic acids is 2. The molecule has 7 nitrogen and oxygen atoms in total. The normalized spacial score (nSPS) is 12.9. The van der Waals surface area contributed by atoms with Crippen molar-refractivity contribution in [2.75, 3.05) is 11.9 Å². The van der Waals surface area contributed by atoms with E-state index in [1.807, 2.05) is 26.0 Å². The Morgan fingerprint density at radius 2 is 2.06 bits per heavy atom. The van der Waals surface area contributed by atoms with Crippen LogP contribution in [0.25, 0.3) is 6.08 Å². The summed E-state index contributed by atoms with van der Waals surface area (Å²) in [6.45, 7) is 8.49. The maximum absolute atomic E-state index is 12.4. The highest BCUT2D eigenvalue weighted by Crippen LogP contribution is 2.38. The van der Waals surface area contributed by atoms with Gasteiger partial charge in [-0.05, 0) is 62.3 Å². The third-order valence-corrected chi connectivity index (χ3v) is 6.63. The van der Waals surface area contributed by atoms with Crippen LogP contribution in [0.15, 0.2) is 11.6 Å². The second kappa shape index (κ2) is 9.84. The van der Waals surface area contributed by atoms with Gasteiger partial charge >= 0.3 is 5.97 Å². The Hall–Kier alpha value is -3.36. The predicted octanol–water partition coefficient (Wildman–Crippen LogP) is 4.27. The lowest BCUT2D eigenvalue weighted by Gasteiger charge is -2.12. The SMILES string of the molecule is Cc1cc(/C=C(\C#N)C(=O)OCC(=O)Nc2sc3c(c2C#N)CCC3)c(C)n1CC(C)C. The van der Waals surface area contributed by atoms with Crippen LogP contribution in [0.4, 0.5) is 5.00 Å². The average Bonchev–Trinajstić information content (AvgIpc) is 3.39. The number of esters is 1. The number of thiophene rings is 1. The van der Waals surface area contributed by atoms with E-state index in [9.17, 15) is 20.1 Å². The number of anilines is 1. The van der Waals surface area contributed by atoms with Crippen molar-refractivity contribution in [3.8, 4) is 12.1 Å². The van der Waals surface area contributed by atoms with Crippen molar-refractivity contribution in [2.45, 2.75) is 53.5 Å². The minimum Gasteiger partial charge on any atom is -0.451 e. The molecule has 0 saturated heterocycles. The van der Waals surface area contributed by atoms with E-state index in [2.05, 4.69) is 29.8 Å². The Bertz CT molecular complexity index is 1170. The zero-order chi connectivity index (χ0) is 23.4. The van der Waals surface area contributed by atoms with Crippen LogP contribution in [0, 0.1) is 42.4 Å². The minimum atomic E-state index is -0.856. The molecule has 1 amide bonds. The van der Waals surface area contributed by atoms with Gasteiger partial charge in [0.2, 0.25) is 0 Å². The highest BCUT2D eigenvalue weighted by Gasteiger charge is 2.23. The number of ether oxygens (including phenoxy) is 1. The highest BCUT2D eigenvalue weighted by atomic mass is 32.1. The monoisotopic (exact) mass is 450 g/mol. The van der Waals surface area contributed by atoms with E-state index in [0.29, 0.717) is 16.5 Å². The summed E-state index contributed by atoms with van der Waals surface area (Å²) < 4.78 is 7.22. The quantitative estimate of drug-likeness (QED) is 0.385. The van der Waals surface area contributed by atoms with Crippen LogP contribution in [0.1, 0.15) is 53.2 Å². The summed E-state index contributed by atoms with van der Waals surface area (Å²) in [6.07, 6.45) is 4.27. The first-order valence-electron chi connectivity index (χ1n) is 10.5. The topological polar surface area (TPSA) is 108 Å². The molecule has 166 valence electrons. The molecule has 2 aromatic heterocycles. The van der Waals surface area contributed by atoms with Crippen molar-refractivity contribution in [3.63, 3.8) is 0 Å². The van der Waals surface area contributed by atoms with Crippen LogP contribution in [0.5, 0.6) is 0 Å². The van der Waals surface area contributed by atoms with Gasteiger partial charge in [0.15, 0.2) is 6.61 Å². The van der Waals surface area contributed by atoms with Crippen LogP contribution < -0.4 is 5.32 Å². The summed E-state index contributed by atoms with van der Waals surface area (Å²) in [7, 11) is 0. The van der Waals surface area contributed by atoms with Crippen molar-refractivity contribution in [1.82, 2.24) is 4.57 Å². The molecular formula is C24H26N4O3S. The van der Waals surface area contributed by atoms with Gasteiger partial charge in [-0.2, -0.15) is 10.5 Å². The number of rotatable bonds is 7. The van der Waals surface area contributed by atoms with E-state index in [1.165, 1.54) is 17.4 Å². The Morgan fingerprint density at radius 3 is 2.72 bits per heavy atom. The molecule has 0 aromatic carbocycles. The number of carbonyl (C=O) groups is 2. The molecule has 32 heavy (non-hydrogen) atoms. The van der Waals surface area contributed by atoms with Gasteiger partial charge < -0.3 is 14.6 Å². The van der Waals surface area contributed by atoms with Crippen molar-refractivity contribution < 1.29 is 14.3 Å². The first-order valence-corrected chi connectivity index (χ1v) is 11.4. The highest BCUT2D eigenvalue weighted by molar-refractivity contribution is 7.16. The fraction of sp³-hybridized carbons (Fsp3) is 0.417. The maximum Gasteiger partial charge on any atom is 0.349 e. The van der Waals surface area contributed by atoms with Crippen molar-refractivity contribution in [1.29, 1.82) is 10.5 Å². The molecule has 0 saturated carbocycles. The van der Waals surface area contributed by atoms with Crippen LogP contribution in [0.2, 0.25) is 0 Å². The number of hydrogen-bond acceptors (Lipinski definition) is 6. The molecule has 8 heteroatoms. The summed E-state index contributed by atoms with van der Waals surface area (Å²) in [4.78, 5) is 25.8. The van der Waals surface area contributed by atoms with E-state index in [-0.39, 0.29) is 5.57 Å².